The van der Waals surface area contributed by atoms with Crippen molar-refractivity contribution < 1.29 is 76.5 Å². The van der Waals surface area contributed by atoms with Gasteiger partial charge in [0.05, 0.1) is 0 Å². The normalized spacial score (nSPS) is 9.67. The summed E-state index contributed by atoms with van der Waals surface area (Å²) in [5.41, 5.74) is 0. The molecule has 0 aliphatic rings. The number of hydrogen-bond donors (Lipinski definition) is 0. The number of hydrogen-bond acceptors (Lipinski definition) is 4. The molecule has 0 rings (SSSR count). The van der Waals surface area contributed by atoms with Gasteiger partial charge in [0.2, 0.25) is 0 Å². The molecule has 0 aromatic rings. The third-order valence-electron chi connectivity index (χ3n) is 0. The van der Waals surface area contributed by atoms with Crippen LogP contribution in [0.25, 0.3) is 0 Å². The molecule has 0 unspecified atom stereocenters. The first-order valence-electron chi connectivity index (χ1n) is 0.667. The Labute approximate surface area is 75.2 Å². The fourth-order valence-corrected chi connectivity index (χ4v) is 0. The molecule has 0 aromatic heterocycles. The molecule has 0 fully saturated rings. The van der Waals surface area contributed by atoms with Crippen molar-refractivity contribution in [2.75, 3.05) is 0 Å². The monoisotopic (exact) mass is 290 g/mol. The van der Waals surface area contributed by atoms with Crippen LogP contribution >= 0.6 is 0 Å². The summed E-state index contributed by atoms with van der Waals surface area (Å²) in [6, 6.07) is 0. The molecule has 0 saturated carbocycles. The SMILES string of the molecule is [O]=[Cr](=[O])([O-])[O-].[Yb+2]. The molecule has 0 saturated heterocycles. The molecule has 0 spiro atoms. The molecule has 0 aliphatic heterocycles. The summed E-state index contributed by atoms with van der Waals surface area (Å²) in [5.74, 6) is 0. The Morgan fingerprint density at radius 3 is 1.17 bits per heavy atom. The molecule has 0 atom stereocenters. The molecule has 0 radical (unpaired) electrons. The van der Waals surface area contributed by atoms with Crippen LogP contribution in [-0.2, 0) is 21.2 Å². The van der Waals surface area contributed by atoms with Crippen LogP contribution in [0.2, 0.25) is 0 Å². The molecule has 6 heteroatoms. The first-order chi connectivity index (χ1) is 2.00. The predicted molar refractivity (Wildman–Crippen MR) is 1.37 cm³/mol. The Morgan fingerprint density at radius 1 is 1.17 bits per heavy atom. The van der Waals surface area contributed by atoms with Gasteiger partial charge in [0.15, 0.2) is 0 Å². The van der Waals surface area contributed by atoms with E-state index in [0.717, 1.165) is 0 Å². The van der Waals surface area contributed by atoms with Gasteiger partial charge in [-0.1, -0.05) is 0 Å². The maximum absolute atomic E-state index is 8.59. The molecule has 0 bridgehead atoms. The van der Waals surface area contributed by atoms with Crippen molar-refractivity contribution in [3.63, 3.8) is 0 Å². The molecule has 0 aliphatic carbocycles. The van der Waals surface area contributed by atoms with Crippen LogP contribution in [0, 0.1) is 46.9 Å². The smallest absolute Gasteiger partial charge is 2.00 e. The largest absolute Gasteiger partial charge is 2.00 e. The first kappa shape index (κ1) is 10.5. The molecule has 44 valence electrons. The van der Waals surface area contributed by atoms with E-state index in [1.807, 2.05) is 0 Å². The van der Waals surface area contributed by atoms with Crippen molar-refractivity contribution in [2.24, 2.45) is 0 Å². The Kier molecular flexibility index (Phi) is 6.25. The zero-order valence-electron chi connectivity index (χ0n) is 2.31. The van der Waals surface area contributed by atoms with Gasteiger partial charge < -0.3 is 0 Å². The van der Waals surface area contributed by atoms with Gasteiger partial charge in [0, 0.05) is 0 Å². The van der Waals surface area contributed by atoms with Crippen LogP contribution in [0.5, 0.6) is 0 Å². The fourth-order valence-electron chi connectivity index (χ4n) is 0. The average molecular weight is 289 g/mol. The number of rotatable bonds is 0. The predicted octanol–water partition coefficient (Wildman–Crippen LogP) is -2.62. The second kappa shape index (κ2) is 3.56. The molecule has 0 N–H and O–H groups in total. The quantitative estimate of drug-likeness (QED) is 0.489. The van der Waals surface area contributed by atoms with Crippen molar-refractivity contribution in [1.29, 1.82) is 0 Å². The molecule has 0 amide bonds. The Bertz CT molecular complexity index is 90.7. The van der Waals surface area contributed by atoms with E-state index in [4.69, 9.17) is 15.9 Å². The zero-order valence-corrected chi connectivity index (χ0v) is 5.30. The Balaban J connectivity index is 0. The van der Waals surface area contributed by atoms with Gasteiger partial charge in [-0.25, -0.2) is 0 Å². The molecular formula is CrO4Yb. The van der Waals surface area contributed by atoms with Gasteiger partial charge >= 0.3 is 76.5 Å². The van der Waals surface area contributed by atoms with Crippen LogP contribution in [-0.4, -0.2) is 0 Å². The van der Waals surface area contributed by atoms with Crippen LogP contribution < -0.4 is 8.32 Å². The summed E-state index contributed by atoms with van der Waals surface area (Å²) in [6.45, 7) is 0. The molecule has 0 heterocycles. The summed E-state index contributed by atoms with van der Waals surface area (Å²) < 4.78 is 34.4. The average Bonchev–Trinajstić information content (AvgIpc) is 0.722. The van der Waals surface area contributed by atoms with Crippen LogP contribution in [0.4, 0.5) is 0 Å². The fraction of sp³-hybridized carbons (Fsp3) is 0. The second-order valence-corrected chi connectivity index (χ2v) is 1.68. The summed E-state index contributed by atoms with van der Waals surface area (Å²) in [5, 5.41) is 0. The minimum atomic E-state index is -5.75. The minimum Gasteiger partial charge on any atom is 2.00 e. The minimum absolute atomic E-state index is 0. The van der Waals surface area contributed by atoms with E-state index in [-0.39, 0.29) is 46.9 Å². The van der Waals surface area contributed by atoms with Crippen LogP contribution in [0.1, 0.15) is 0 Å². The van der Waals surface area contributed by atoms with Gasteiger partial charge in [-0.3, -0.25) is 0 Å². The van der Waals surface area contributed by atoms with E-state index in [1.54, 1.807) is 0 Å². The maximum atomic E-state index is 8.59. The van der Waals surface area contributed by atoms with E-state index in [1.165, 1.54) is 0 Å². The topological polar surface area (TPSA) is 80.3 Å². The second-order valence-electron chi connectivity index (χ2n) is 0.408. The van der Waals surface area contributed by atoms with Gasteiger partial charge in [0.25, 0.3) is 0 Å². The summed E-state index contributed by atoms with van der Waals surface area (Å²) >= 11 is -5.75. The Morgan fingerprint density at radius 2 is 1.17 bits per heavy atom. The van der Waals surface area contributed by atoms with Gasteiger partial charge in [-0.05, 0) is 0 Å². The maximum Gasteiger partial charge on any atom is 2.00 e. The van der Waals surface area contributed by atoms with Crippen molar-refractivity contribution in [1.82, 2.24) is 0 Å². The van der Waals surface area contributed by atoms with Crippen LogP contribution in [0.3, 0.4) is 0 Å². The van der Waals surface area contributed by atoms with Gasteiger partial charge in [0.1, 0.15) is 0 Å². The standard InChI is InChI=1S/Cr.4O.Yb/q;;;2*-1;+2. The van der Waals surface area contributed by atoms with Gasteiger partial charge in [-0.15, -0.1) is 0 Å². The first-order valence-corrected chi connectivity index (χ1v) is 2.75. The summed E-state index contributed by atoms with van der Waals surface area (Å²) in [6.07, 6.45) is 0. The Hall–Kier alpha value is 1.57. The molecule has 4 nitrogen and oxygen atoms in total. The zero-order chi connectivity index (χ0) is 4.50. The molecule has 6 heavy (non-hydrogen) atoms. The third kappa shape index (κ3) is 47.1. The van der Waals surface area contributed by atoms with E-state index in [0.29, 0.717) is 0 Å². The summed E-state index contributed by atoms with van der Waals surface area (Å²) in [7, 11) is 0. The van der Waals surface area contributed by atoms with Crippen molar-refractivity contribution in [3.8, 4) is 0 Å². The van der Waals surface area contributed by atoms with Crippen LogP contribution in [0.15, 0.2) is 0 Å². The van der Waals surface area contributed by atoms with E-state index < -0.39 is 13.6 Å². The van der Waals surface area contributed by atoms with E-state index in [2.05, 4.69) is 0 Å². The van der Waals surface area contributed by atoms with E-state index in [9.17, 15) is 0 Å². The van der Waals surface area contributed by atoms with Gasteiger partial charge in [-0.2, -0.15) is 0 Å². The summed E-state index contributed by atoms with van der Waals surface area (Å²) in [4.78, 5) is 0. The molecule has 0 aromatic carbocycles. The van der Waals surface area contributed by atoms with Crippen molar-refractivity contribution in [2.45, 2.75) is 0 Å². The molecular weight excluding hydrogens is 289 g/mol. The van der Waals surface area contributed by atoms with Crippen molar-refractivity contribution >= 4 is 0 Å². The third-order valence-corrected chi connectivity index (χ3v) is 0. The van der Waals surface area contributed by atoms with Crippen molar-refractivity contribution in [3.05, 3.63) is 0 Å². The van der Waals surface area contributed by atoms with E-state index >= 15 is 0 Å².